The van der Waals surface area contributed by atoms with Gasteiger partial charge < -0.3 is 15.0 Å². The molecule has 2 aromatic heterocycles. The number of hydrogen-bond acceptors (Lipinski definition) is 5. The maximum absolute atomic E-state index is 12.2. The van der Waals surface area contributed by atoms with Crippen molar-refractivity contribution in [3.05, 3.63) is 72.2 Å². The van der Waals surface area contributed by atoms with Gasteiger partial charge >= 0.3 is 5.97 Å². The van der Waals surface area contributed by atoms with Crippen molar-refractivity contribution in [2.24, 2.45) is 0 Å². The van der Waals surface area contributed by atoms with Gasteiger partial charge in [-0.05, 0) is 18.1 Å². The van der Waals surface area contributed by atoms with Crippen LogP contribution in [0.25, 0.3) is 0 Å². The number of rotatable bonds is 8. The molecule has 8 nitrogen and oxygen atoms in total. The summed E-state index contributed by atoms with van der Waals surface area (Å²) in [7, 11) is 0. The van der Waals surface area contributed by atoms with E-state index in [1.54, 1.807) is 18.2 Å². The molecule has 0 aliphatic rings. The summed E-state index contributed by atoms with van der Waals surface area (Å²) in [4.78, 5) is 27.6. The number of anilines is 1. The molecular formula is C19H18N4O4S. The summed E-state index contributed by atoms with van der Waals surface area (Å²) < 4.78 is 13.7. The Hall–Kier alpha value is -3.17. The van der Waals surface area contributed by atoms with Gasteiger partial charge in [-0.25, -0.2) is 9.78 Å². The number of nitrogens with one attached hydrogen (secondary N) is 1. The van der Waals surface area contributed by atoms with E-state index in [4.69, 9.17) is 0 Å². The molecule has 0 radical (unpaired) electrons. The molecule has 2 heterocycles. The minimum atomic E-state index is -1.62. The molecule has 144 valence electrons. The number of pyridine rings is 1. The smallest absolute Gasteiger partial charge is 0.358 e. The van der Waals surface area contributed by atoms with Crippen molar-refractivity contribution in [2.75, 3.05) is 11.1 Å². The third-order valence-corrected chi connectivity index (χ3v) is 5.08. The van der Waals surface area contributed by atoms with E-state index < -0.39 is 23.1 Å². The summed E-state index contributed by atoms with van der Waals surface area (Å²) in [6.07, 6.45) is 3.62. The molecule has 0 aliphatic carbocycles. The van der Waals surface area contributed by atoms with Gasteiger partial charge in [0.1, 0.15) is 0 Å². The summed E-state index contributed by atoms with van der Waals surface area (Å²) in [5.74, 6) is -2.15. The molecule has 0 saturated heterocycles. The molecular weight excluding hydrogens is 380 g/mol. The number of carbonyl (C=O) groups is 2. The van der Waals surface area contributed by atoms with E-state index in [0.717, 1.165) is 5.56 Å². The van der Waals surface area contributed by atoms with Gasteiger partial charge in [-0.3, -0.25) is 9.48 Å². The fourth-order valence-corrected chi connectivity index (χ4v) is 3.40. The van der Waals surface area contributed by atoms with E-state index in [1.165, 1.54) is 17.1 Å². The number of hydrogen-bond donors (Lipinski definition) is 2. The van der Waals surface area contributed by atoms with E-state index in [9.17, 15) is 19.2 Å². The number of carboxylic acids is 1. The highest BCUT2D eigenvalue weighted by Gasteiger charge is 2.22. The predicted octanol–water partition coefficient (Wildman–Crippen LogP) is 1.97. The Morgan fingerprint density at radius 3 is 2.57 bits per heavy atom. The van der Waals surface area contributed by atoms with Crippen LogP contribution in [0.3, 0.4) is 0 Å². The second-order valence-corrected chi connectivity index (χ2v) is 7.30. The number of carbonyl (C=O) groups excluding carboxylic acids is 1. The van der Waals surface area contributed by atoms with Gasteiger partial charge in [0.15, 0.2) is 11.4 Å². The zero-order valence-electron chi connectivity index (χ0n) is 14.8. The van der Waals surface area contributed by atoms with Crippen LogP contribution >= 0.6 is 0 Å². The van der Waals surface area contributed by atoms with Crippen LogP contribution in [0.15, 0.2) is 66.0 Å². The Balaban J connectivity index is 1.66. The minimum Gasteiger partial charge on any atom is -0.610 e. The van der Waals surface area contributed by atoms with Crippen LogP contribution in [0, 0.1) is 0 Å². The highest BCUT2D eigenvalue weighted by molar-refractivity contribution is 7.92. The van der Waals surface area contributed by atoms with E-state index >= 15 is 0 Å². The topological polar surface area (TPSA) is 120 Å². The summed E-state index contributed by atoms with van der Waals surface area (Å²) in [5, 5.41) is 16.1. The Labute approximate surface area is 164 Å². The molecule has 0 spiro atoms. The zero-order valence-corrected chi connectivity index (χ0v) is 15.6. The lowest BCUT2D eigenvalue weighted by Gasteiger charge is -2.08. The average molecular weight is 398 g/mol. The van der Waals surface area contributed by atoms with Gasteiger partial charge in [-0.15, -0.1) is 0 Å². The van der Waals surface area contributed by atoms with Gasteiger partial charge in [0.05, 0.1) is 5.69 Å². The third kappa shape index (κ3) is 5.18. The molecule has 0 bridgehead atoms. The van der Waals surface area contributed by atoms with Crippen LogP contribution in [0.5, 0.6) is 0 Å². The van der Waals surface area contributed by atoms with Crippen LogP contribution in [0.2, 0.25) is 0 Å². The van der Waals surface area contributed by atoms with E-state index in [1.807, 2.05) is 30.3 Å². The molecule has 1 aromatic carbocycles. The normalized spacial score (nSPS) is 11.8. The van der Waals surface area contributed by atoms with Gasteiger partial charge in [-0.1, -0.05) is 36.4 Å². The lowest BCUT2D eigenvalue weighted by Crippen LogP contribution is -2.24. The van der Waals surface area contributed by atoms with Crippen molar-refractivity contribution in [1.29, 1.82) is 0 Å². The molecule has 0 aliphatic heterocycles. The standard InChI is InChI=1S/C19H18N4O4S/c24-16(13-28(27)17-8-4-5-10-20-17)21-15-12-23(22-18(15)19(25)26)11-9-14-6-2-1-3-7-14/h1-8,10,12H,9,11,13H2,(H,21,24)(H,25,26). The predicted molar refractivity (Wildman–Crippen MR) is 103 cm³/mol. The number of aromatic nitrogens is 3. The Kier molecular flexibility index (Phi) is 6.41. The molecule has 3 rings (SSSR count). The average Bonchev–Trinajstić information content (AvgIpc) is 3.10. The quantitative estimate of drug-likeness (QED) is 0.560. The first-order valence-electron chi connectivity index (χ1n) is 8.47. The first-order chi connectivity index (χ1) is 13.5. The van der Waals surface area contributed by atoms with Crippen molar-refractivity contribution in [1.82, 2.24) is 14.8 Å². The van der Waals surface area contributed by atoms with Crippen LogP contribution in [0.4, 0.5) is 5.69 Å². The highest BCUT2D eigenvalue weighted by atomic mass is 32.2. The molecule has 1 amide bonds. The van der Waals surface area contributed by atoms with Crippen LogP contribution in [0.1, 0.15) is 16.1 Å². The number of aromatic carboxylic acids is 1. The van der Waals surface area contributed by atoms with Crippen molar-refractivity contribution in [2.45, 2.75) is 18.0 Å². The zero-order chi connectivity index (χ0) is 19.9. The third-order valence-electron chi connectivity index (χ3n) is 3.84. The maximum atomic E-state index is 12.2. The van der Waals surface area contributed by atoms with Crippen LogP contribution in [-0.4, -0.2) is 42.1 Å². The summed E-state index contributed by atoms with van der Waals surface area (Å²) >= 11 is -1.62. The largest absolute Gasteiger partial charge is 0.610 e. The molecule has 9 heteroatoms. The van der Waals surface area contributed by atoms with Gasteiger partial charge in [0.25, 0.3) is 5.91 Å². The van der Waals surface area contributed by atoms with E-state index in [2.05, 4.69) is 15.4 Å². The summed E-state index contributed by atoms with van der Waals surface area (Å²) in [5.41, 5.74) is 0.903. The Morgan fingerprint density at radius 2 is 1.89 bits per heavy atom. The number of benzene rings is 1. The lowest BCUT2D eigenvalue weighted by molar-refractivity contribution is -0.113. The lowest BCUT2D eigenvalue weighted by atomic mass is 10.1. The van der Waals surface area contributed by atoms with Crippen molar-refractivity contribution in [3.63, 3.8) is 0 Å². The number of carboxylic acid groups (broad SMARTS) is 1. The molecule has 0 fully saturated rings. The Bertz CT molecular complexity index is 947. The Morgan fingerprint density at radius 1 is 1.14 bits per heavy atom. The summed E-state index contributed by atoms with van der Waals surface area (Å²) in [6, 6.07) is 14.6. The highest BCUT2D eigenvalue weighted by Crippen LogP contribution is 2.16. The fraction of sp³-hybridized carbons (Fsp3) is 0.158. The van der Waals surface area contributed by atoms with Gasteiger partial charge in [-0.2, -0.15) is 5.10 Å². The SMILES string of the molecule is O=C(C[S+]([O-])c1ccccn1)Nc1cn(CCc2ccccc2)nc1C(=O)O. The fourth-order valence-electron chi connectivity index (χ4n) is 2.53. The molecule has 2 N–H and O–H groups in total. The molecule has 3 aromatic rings. The van der Waals surface area contributed by atoms with Crippen molar-refractivity contribution >= 4 is 28.7 Å². The second kappa shape index (κ2) is 9.16. The maximum Gasteiger partial charge on any atom is 0.358 e. The molecule has 28 heavy (non-hydrogen) atoms. The van der Waals surface area contributed by atoms with Crippen LogP contribution < -0.4 is 5.32 Å². The van der Waals surface area contributed by atoms with E-state index in [0.29, 0.717) is 13.0 Å². The number of nitrogens with zero attached hydrogens (tertiary/aromatic N) is 3. The summed E-state index contributed by atoms with van der Waals surface area (Å²) in [6.45, 7) is 0.458. The molecule has 0 saturated carbocycles. The van der Waals surface area contributed by atoms with Crippen molar-refractivity contribution in [3.8, 4) is 0 Å². The van der Waals surface area contributed by atoms with E-state index in [-0.39, 0.29) is 22.2 Å². The molecule has 1 unspecified atom stereocenters. The van der Waals surface area contributed by atoms with Gasteiger partial charge in [0, 0.05) is 36.2 Å². The minimum absolute atomic E-state index is 0.0728. The van der Waals surface area contributed by atoms with Crippen LogP contribution in [-0.2, 0) is 28.9 Å². The second-order valence-electron chi connectivity index (χ2n) is 5.90. The number of aryl methyl sites for hydroxylation is 2. The first kappa shape index (κ1) is 19.6. The van der Waals surface area contributed by atoms with Gasteiger partial charge in [0.2, 0.25) is 5.03 Å². The number of amides is 1. The molecule has 1 atom stereocenters. The monoisotopic (exact) mass is 398 g/mol. The first-order valence-corrected chi connectivity index (χ1v) is 9.79. The van der Waals surface area contributed by atoms with Crippen molar-refractivity contribution < 1.29 is 19.2 Å².